The van der Waals surface area contributed by atoms with Crippen LogP contribution in [0.25, 0.3) is 0 Å². The third kappa shape index (κ3) is 1.11. The lowest BCUT2D eigenvalue weighted by molar-refractivity contribution is 0.514. The smallest absolute Gasteiger partial charge is 0.228 e. The van der Waals surface area contributed by atoms with E-state index in [1.807, 2.05) is 13.8 Å². The van der Waals surface area contributed by atoms with E-state index < -0.39 is 5.95 Å². The predicted molar refractivity (Wildman–Crippen MR) is 35.4 cm³/mol. The fourth-order valence-corrected chi connectivity index (χ4v) is 0.859. The third-order valence-electron chi connectivity index (χ3n) is 1.09. The van der Waals surface area contributed by atoms with E-state index in [4.69, 9.17) is 11.6 Å². The lowest BCUT2D eigenvalue weighted by atomic mass is 10.4. The van der Waals surface area contributed by atoms with Crippen molar-refractivity contribution in [3.8, 4) is 0 Å². The second-order valence-electron chi connectivity index (χ2n) is 2.21. The van der Waals surface area contributed by atoms with Crippen LogP contribution in [0.15, 0.2) is 0 Å². The van der Waals surface area contributed by atoms with E-state index in [2.05, 4.69) is 10.3 Å². The molecule has 0 saturated heterocycles. The van der Waals surface area contributed by atoms with Crippen LogP contribution in [-0.2, 0) is 0 Å². The Morgan fingerprint density at radius 1 is 1.60 bits per heavy atom. The van der Waals surface area contributed by atoms with Gasteiger partial charge >= 0.3 is 0 Å². The van der Waals surface area contributed by atoms with E-state index in [-0.39, 0.29) is 11.2 Å². The van der Waals surface area contributed by atoms with E-state index in [1.165, 1.54) is 4.68 Å². The summed E-state index contributed by atoms with van der Waals surface area (Å²) in [5.41, 5.74) is 0. The summed E-state index contributed by atoms with van der Waals surface area (Å²) in [4.78, 5) is 0. The summed E-state index contributed by atoms with van der Waals surface area (Å²) in [6, 6.07) is 0.0458. The van der Waals surface area contributed by atoms with Gasteiger partial charge in [-0.2, -0.15) is 4.39 Å². The molecule has 0 aliphatic heterocycles. The van der Waals surface area contributed by atoms with Crippen molar-refractivity contribution in [1.82, 2.24) is 15.0 Å². The van der Waals surface area contributed by atoms with Gasteiger partial charge in [-0.15, -0.1) is 0 Å². The van der Waals surface area contributed by atoms with Crippen LogP contribution in [0.3, 0.4) is 0 Å². The summed E-state index contributed by atoms with van der Waals surface area (Å²) in [6.07, 6.45) is 0. The Hall–Kier alpha value is -0.640. The first-order chi connectivity index (χ1) is 4.63. The van der Waals surface area contributed by atoms with Gasteiger partial charge in [-0.05, 0) is 13.8 Å². The van der Waals surface area contributed by atoms with Crippen LogP contribution in [0.5, 0.6) is 0 Å². The van der Waals surface area contributed by atoms with Gasteiger partial charge in [0.05, 0.1) is 0 Å². The first-order valence-corrected chi connectivity index (χ1v) is 3.27. The Labute approximate surface area is 62.8 Å². The second kappa shape index (κ2) is 2.54. The highest BCUT2D eigenvalue weighted by atomic mass is 35.5. The molecule has 1 aromatic rings. The van der Waals surface area contributed by atoms with Gasteiger partial charge in [-0.3, -0.25) is 0 Å². The van der Waals surface area contributed by atoms with E-state index in [1.54, 1.807) is 0 Å². The van der Waals surface area contributed by atoms with E-state index in [9.17, 15) is 4.39 Å². The van der Waals surface area contributed by atoms with Crippen LogP contribution in [0.4, 0.5) is 4.39 Å². The van der Waals surface area contributed by atoms with E-state index >= 15 is 0 Å². The zero-order valence-electron chi connectivity index (χ0n) is 5.67. The molecule has 0 fully saturated rings. The molecular formula is C5H7ClFN3. The lowest BCUT2D eigenvalue weighted by Crippen LogP contribution is -2.02. The summed E-state index contributed by atoms with van der Waals surface area (Å²) in [5.74, 6) is -0.713. The summed E-state index contributed by atoms with van der Waals surface area (Å²) in [5, 5.41) is 6.59. The highest BCUT2D eigenvalue weighted by Crippen LogP contribution is 2.14. The van der Waals surface area contributed by atoms with Crippen LogP contribution < -0.4 is 0 Å². The topological polar surface area (TPSA) is 30.7 Å². The Kier molecular flexibility index (Phi) is 1.89. The highest BCUT2D eigenvalue weighted by Gasteiger charge is 2.10. The van der Waals surface area contributed by atoms with Gasteiger partial charge in [0, 0.05) is 6.04 Å². The molecule has 56 valence electrons. The van der Waals surface area contributed by atoms with Crippen LogP contribution in [-0.4, -0.2) is 15.0 Å². The monoisotopic (exact) mass is 163 g/mol. The van der Waals surface area contributed by atoms with Gasteiger partial charge in [-0.1, -0.05) is 21.9 Å². The molecule has 0 N–H and O–H groups in total. The molecule has 10 heavy (non-hydrogen) atoms. The molecule has 0 aliphatic carbocycles. The molecule has 0 radical (unpaired) electrons. The maximum Gasteiger partial charge on any atom is 0.271 e. The molecule has 0 bridgehead atoms. The van der Waals surface area contributed by atoms with Crippen LogP contribution >= 0.6 is 11.6 Å². The molecule has 0 spiro atoms. The summed E-state index contributed by atoms with van der Waals surface area (Å²) < 4.78 is 13.7. The van der Waals surface area contributed by atoms with Crippen LogP contribution in [0.1, 0.15) is 19.9 Å². The molecule has 0 atom stereocenters. The Bertz CT molecular complexity index is 233. The maximum atomic E-state index is 12.4. The van der Waals surface area contributed by atoms with Gasteiger partial charge in [-0.25, -0.2) is 4.68 Å². The number of nitrogens with zero attached hydrogens (tertiary/aromatic N) is 3. The summed E-state index contributed by atoms with van der Waals surface area (Å²) >= 11 is 5.47. The van der Waals surface area contributed by atoms with Gasteiger partial charge in [0.15, 0.2) is 5.15 Å². The normalized spacial score (nSPS) is 10.9. The van der Waals surface area contributed by atoms with Crippen molar-refractivity contribution in [2.45, 2.75) is 19.9 Å². The van der Waals surface area contributed by atoms with Crippen molar-refractivity contribution in [1.29, 1.82) is 0 Å². The molecular weight excluding hydrogens is 157 g/mol. The zero-order chi connectivity index (χ0) is 7.72. The van der Waals surface area contributed by atoms with E-state index in [0.29, 0.717) is 0 Å². The number of hydrogen-bond acceptors (Lipinski definition) is 2. The molecule has 1 heterocycles. The third-order valence-corrected chi connectivity index (χ3v) is 1.42. The van der Waals surface area contributed by atoms with Crippen molar-refractivity contribution >= 4 is 11.6 Å². The molecule has 1 rings (SSSR count). The molecule has 0 aromatic carbocycles. The Morgan fingerprint density at radius 3 is 2.40 bits per heavy atom. The fraction of sp³-hybridized carbons (Fsp3) is 0.600. The molecule has 5 heteroatoms. The molecule has 0 unspecified atom stereocenters. The van der Waals surface area contributed by atoms with E-state index in [0.717, 1.165) is 0 Å². The Morgan fingerprint density at radius 2 is 2.20 bits per heavy atom. The van der Waals surface area contributed by atoms with Crippen molar-refractivity contribution in [3.63, 3.8) is 0 Å². The highest BCUT2D eigenvalue weighted by molar-refractivity contribution is 6.29. The van der Waals surface area contributed by atoms with Gasteiger partial charge in [0.2, 0.25) is 0 Å². The number of hydrogen-bond donors (Lipinski definition) is 0. The van der Waals surface area contributed by atoms with Gasteiger partial charge in [0.25, 0.3) is 5.95 Å². The first-order valence-electron chi connectivity index (χ1n) is 2.89. The average Bonchev–Trinajstić information content (AvgIpc) is 2.14. The predicted octanol–water partition coefficient (Wildman–Crippen LogP) is 1.65. The first kappa shape index (κ1) is 7.47. The van der Waals surface area contributed by atoms with Crippen molar-refractivity contribution < 1.29 is 4.39 Å². The molecule has 3 nitrogen and oxygen atoms in total. The maximum absolute atomic E-state index is 12.4. The molecule has 0 amide bonds. The quantitative estimate of drug-likeness (QED) is 0.630. The minimum absolute atomic E-state index is 0.0324. The van der Waals surface area contributed by atoms with Crippen molar-refractivity contribution in [2.75, 3.05) is 0 Å². The minimum atomic E-state index is -0.713. The second-order valence-corrected chi connectivity index (χ2v) is 2.57. The van der Waals surface area contributed by atoms with Gasteiger partial charge in [0.1, 0.15) is 0 Å². The average molecular weight is 164 g/mol. The SMILES string of the molecule is CC(C)n1nnc(F)c1Cl. The molecule has 0 saturated carbocycles. The summed E-state index contributed by atoms with van der Waals surface area (Å²) in [6.45, 7) is 3.69. The number of halogens is 2. The molecule has 0 aliphatic rings. The fourth-order valence-electron chi connectivity index (χ4n) is 0.592. The van der Waals surface area contributed by atoms with Crippen molar-refractivity contribution in [2.24, 2.45) is 0 Å². The number of rotatable bonds is 1. The Balaban J connectivity index is 3.05. The standard InChI is InChI=1S/C5H7ClFN3/c1-3(2)10-4(6)5(7)8-9-10/h3H,1-2H3. The minimum Gasteiger partial charge on any atom is -0.228 e. The van der Waals surface area contributed by atoms with Crippen molar-refractivity contribution in [3.05, 3.63) is 11.1 Å². The van der Waals surface area contributed by atoms with Gasteiger partial charge < -0.3 is 0 Å². The van der Waals surface area contributed by atoms with Crippen LogP contribution in [0.2, 0.25) is 5.15 Å². The lowest BCUT2D eigenvalue weighted by Gasteiger charge is -2.02. The number of aromatic nitrogens is 3. The zero-order valence-corrected chi connectivity index (χ0v) is 6.43. The molecule has 1 aromatic heterocycles. The summed E-state index contributed by atoms with van der Waals surface area (Å²) in [7, 11) is 0. The largest absolute Gasteiger partial charge is 0.271 e. The van der Waals surface area contributed by atoms with Crippen LogP contribution in [0, 0.1) is 5.95 Å².